The molecule has 1 fully saturated rings. The fraction of sp³-hybridized carbons (Fsp3) is 0.464. The number of carbonyl (C=O) groups excluding carboxylic acids is 1. The van der Waals surface area contributed by atoms with Gasteiger partial charge in [-0.1, -0.05) is 39.0 Å². The van der Waals surface area contributed by atoms with Crippen molar-refractivity contribution in [3.8, 4) is 11.6 Å². The van der Waals surface area contributed by atoms with E-state index in [1.807, 2.05) is 0 Å². The van der Waals surface area contributed by atoms with Crippen LogP contribution in [-0.2, 0) is 22.6 Å². The summed E-state index contributed by atoms with van der Waals surface area (Å²) in [5.41, 5.74) is -0.667. The van der Waals surface area contributed by atoms with Crippen LogP contribution in [0.5, 0.6) is 11.6 Å². The molecule has 3 aromatic rings. The van der Waals surface area contributed by atoms with E-state index in [0.29, 0.717) is 18.0 Å². The van der Waals surface area contributed by atoms with Crippen LogP contribution in [0.15, 0.2) is 52.2 Å². The molecule has 1 N–H and O–H groups in total. The molecule has 10 nitrogen and oxygen atoms in total. The Bertz CT molecular complexity index is 1360. The first kappa shape index (κ1) is 28.0. The van der Waals surface area contributed by atoms with Crippen LogP contribution < -0.4 is 21.4 Å². The Hall–Kier alpha value is -4.02. The second-order valence-electron chi connectivity index (χ2n) is 9.92. The first-order valence-corrected chi connectivity index (χ1v) is 13.3. The molecule has 0 aliphatic heterocycles. The van der Waals surface area contributed by atoms with Gasteiger partial charge in [-0.2, -0.15) is 4.98 Å². The van der Waals surface area contributed by atoms with Crippen molar-refractivity contribution in [3.05, 3.63) is 69.4 Å². The number of carbonyl (C=O) groups is 1. The Morgan fingerprint density at radius 2 is 1.74 bits per heavy atom. The number of pyridine rings is 1. The fourth-order valence-electron chi connectivity index (χ4n) is 4.76. The molecule has 0 bridgehead atoms. The van der Waals surface area contributed by atoms with E-state index in [0.717, 1.165) is 36.4 Å². The normalized spacial score (nSPS) is 15.2. The molecule has 0 unspecified atom stereocenters. The zero-order valence-corrected chi connectivity index (χ0v) is 22.3. The average Bonchev–Trinajstić information content (AvgIpc) is 2.91. The van der Waals surface area contributed by atoms with Crippen LogP contribution in [0.4, 0.5) is 16.0 Å². The topological polar surface area (TPSA) is 117 Å². The minimum absolute atomic E-state index is 0.119. The molecule has 0 saturated heterocycles. The molecule has 0 spiro atoms. The largest absolute Gasteiger partial charge is 0.469 e. The van der Waals surface area contributed by atoms with E-state index in [1.54, 1.807) is 31.2 Å². The van der Waals surface area contributed by atoms with Gasteiger partial charge in [-0.3, -0.25) is 9.36 Å². The Labute approximate surface area is 225 Å². The highest BCUT2D eigenvalue weighted by Gasteiger charge is 2.22. The zero-order chi connectivity index (χ0) is 27.8. The van der Waals surface area contributed by atoms with Crippen molar-refractivity contribution in [1.82, 2.24) is 19.1 Å². The smallest absolute Gasteiger partial charge is 0.354 e. The first-order valence-electron chi connectivity index (χ1n) is 13.3. The van der Waals surface area contributed by atoms with E-state index >= 15 is 0 Å². The summed E-state index contributed by atoms with van der Waals surface area (Å²) in [5.74, 6) is -0.506. The van der Waals surface area contributed by atoms with Gasteiger partial charge in [0, 0.05) is 24.8 Å². The zero-order valence-electron chi connectivity index (χ0n) is 22.3. The van der Waals surface area contributed by atoms with Gasteiger partial charge in [-0.25, -0.2) is 23.5 Å². The third-order valence-corrected chi connectivity index (χ3v) is 6.91. The van der Waals surface area contributed by atoms with Crippen molar-refractivity contribution in [2.75, 3.05) is 12.4 Å². The standard InChI is InChI=1S/C28H34FN5O5/c1-19(25(35)38-2)17-34-27(36)32-26(33(28(34)37)18-20-8-6-4-3-5-7-9-20)31-22-11-13-23(14-12-22)39-24-15-10-21(29)16-30-24/h10-16,19-20H,3-9,17-18H2,1-2H3,(H,31,32,36)/t19-/m0/s1. The van der Waals surface area contributed by atoms with Gasteiger partial charge in [0.2, 0.25) is 11.8 Å². The monoisotopic (exact) mass is 539 g/mol. The summed E-state index contributed by atoms with van der Waals surface area (Å²) in [4.78, 5) is 46.6. The highest BCUT2D eigenvalue weighted by molar-refractivity contribution is 5.71. The van der Waals surface area contributed by atoms with Crippen LogP contribution in [0.3, 0.4) is 0 Å². The number of anilines is 2. The molecule has 1 aliphatic rings. The number of hydrogen-bond acceptors (Lipinski definition) is 8. The molecule has 1 saturated carbocycles. The third kappa shape index (κ3) is 7.52. The van der Waals surface area contributed by atoms with Gasteiger partial charge >= 0.3 is 17.3 Å². The fourth-order valence-corrected chi connectivity index (χ4v) is 4.76. The van der Waals surface area contributed by atoms with Crippen LogP contribution in [0.2, 0.25) is 0 Å². The Morgan fingerprint density at radius 3 is 2.38 bits per heavy atom. The molecule has 1 aromatic carbocycles. The molecule has 2 heterocycles. The molecule has 208 valence electrons. The number of halogens is 1. The number of rotatable bonds is 9. The second kappa shape index (κ2) is 13.2. The minimum Gasteiger partial charge on any atom is -0.469 e. The third-order valence-electron chi connectivity index (χ3n) is 6.91. The SMILES string of the molecule is COC(=O)[C@@H](C)Cn1c(=O)nc(Nc2ccc(Oc3ccc(F)cn3)cc2)n(CC2CCCCCCC2)c1=O. The Morgan fingerprint density at radius 1 is 1.05 bits per heavy atom. The lowest BCUT2D eigenvalue weighted by Crippen LogP contribution is -2.45. The number of aromatic nitrogens is 4. The first-order chi connectivity index (χ1) is 18.8. The van der Waals surface area contributed by atoms with Gasteiger partial charge < -0.3 is 14.8 Å². The maximum Gasteiger partial charge on any atom is 0.354 e. The molecule has 4 rings (SSSR count). The summed E-state index contributed by atoms with van der Waals surface area (Å²) in [6, 6.07) is 9.49. The van der Waals surface area contributed by atoms with Crippen LogP contribution >= 0.6 is 0 Å². The Kier molecular flexibility index (Phi) is 9.45. The molecule has 1 aliphatic carbocycles. The predicted molar refractivity (Wildman–Crippen MR) is 144 cm³/mol. The van der Waals surface area contributed by atoms with Crippen LogP contribution in [0.25, 0.3) is 0 Å². The molecule has 0 amide bonds. The van der Waals surface area contributed by atoms with E-state index in [1.165, 1.54) is 43.1 Å². The van der Waals surface area contributed by atoms with Gasteiger partial charge in [0.1, 0.15) is 11.6 Å². The van der Waals surface area contributed by atoms with Crippen molar-refractivity contribution >= 4 is 17.6 Å². The molecule has 39 heavy (non-hydrogen) atoms. The molecule has 2 aromatic heterocycles. The molecule has 0 radical (unpaired) electrons. The van der Waals surface area contributed by atoms with Gasteiger partial charge in [0.05, 0.1) is 19.2 Å². The van der Waals surface area contributed by atoms with Crippen molar-refractivity contribution in [1.29, 1.82) is 0 Å². The average molecular weight is 540 g/mol. The number of nitrogens with zero attached hydrogens (tertiary/aromatic N) is 4. The summed E-state index contributed by atoms with van der Waals surface area (Å²) >= 11 is 0. The molecule has 11 heteroatoms. The van der Waals surface area contributed by atoms with E-state index < -0.39 is 29.1 Å². The van der Waals surface area contributed by atoms with Crippen molar-refractivity contribution in [2.24, 2.45) is 11.8 Å². The highest BCUT2D eigenvalue weighted by Crippen LogP contribution is 2.26. The Balaban J connectivity index is 1.61. The van der Waals surface area contributed by atoms with Crippen LogP contribution in [0.1, 0.15) is 51.9 Å². The molecular formula is C28H34FN5O5. The second-order valence-corrected chi connectivity index (χ2v) is 9.92. The van der Waals surface area contributed by atoms with E-state index in [-0.39, 0.29) is 24.3 Å². The maximum absolute atomic E-state index is 13.6. The van der Waals surface area contributed by atoms with E-state index in [4.69, 9.17) is 9.47 Å². The summed E-state index contributed by atoms with van der Waals surface area (Å²) in [6.07, 6.45) is 8.83. The maximum atomic E-state index is 13.6. The van der Waals surface area contributed by atoms with E-state index in [9.17, 15) is 18.8 Å². The van der Waals surface area contributed by atoms with Gasteiger partial charge in [-0.05, 0) is 49.1 Å². The summed E-state index contributed by atoms with van der Waals surface area (Å²) in [6.45, 7) is 1.90. The number of methoxy groups -OCH3 is 1. The van der Waals surface area contributed by atoms with Crippen LogP contribution in [0, 0.1) is 17.7 Å². The summed E-state index contributed by atoms with van der Waals surface area (Å²) in [5, 5.41) is 3.11. The number of nitrogens with one attached hydrogen (secondary N) is 1. The lowest BCUT2D eigenvalue weighted by Gasteiger charge is -2.23. The number of hydrogen-bond donors (Lipinski definition) is 1. The van der Waals surface area contributed by atoms with E-state index in [2.05, 4.69) is 15.3 Å². The quantitative estimate of drug-likeness (QED) is 0.391. The highest BCUT2D eigenvalue weighted by atomic mass is 19.1. The summed E-state index contributed by atoms with van der Waals surface area (Å²) in [7, 11) is 1.27. The van der Waals surface area contributed by atoms with Gasteiger partial charge in [-0.15, -0.1) is 0 Å². The van der Waals surface area contributed by atoms with Gasteiger partial charge in [0.15, 0.2) is 0 Å². The minimum atomic E-state index is -0.741. The summed E-state index contributed by atoms with van der Waals surface area (Å²) < 4.78 is 26.0. The van der Waals surface area contributed by atoms with Crippen LogP contribution in [-0.4, -0.2) is 32.2 Å². The van der Waals surface area contributed by atoms with Crippen molar-refractivity contribution < 1.29 is 18.7 Å². The molecule has 1 atom stereocenters. The number of esters is 1. The van der Waals surface area contributed by atoms with Crippen molar-refractivity contribution in [3.63, 3.8) is 0 Å². The van der Waals surface area contributed by atoms with Gasteiger partial charge in [0.25, 0.3) is 0 Å². The lowest BCUT2D eigenvalue weighted by atomic mass is 9.91. The predicted octanol–water partition coefficient (Wildman–Crippen LogP) is 4.64. The molecular weight excluding hydrogens is 505 g/mol. The van der Waals surface area contributed by atoms with Crippen molar-refractivity contribution in [2.45, 2.75) is 65.0 Å². The number of ether oxygens (including phenoxy) is 2. The lowest BCUT2D eigenvalue weighted by molar-refractivity contribution is -0.145. The number of benzene rings is 1.